The maximum absolute atomic E-state index is 12.2. The van der Waals surface area contributed by atoms with Crippen LogP contribution < -0.4 is 5.32 Å². The molecule has 9 nitrogen and oxygen atoms in total. The molecule has 150 valence electrons. The van der Waals surface area contributed by atoms with Crippen molar-refractivity contribution in [2.75, 3.05) is 30.1 Å². The van der Waals surface area contributed by atoms with Crippen LogP contribution in [-0.4, -0.2) is 84.1 Å². The first-order valence-electron chi connectivity index (χ1n) is 8.07. The summed E-state index contributed by atoms with van der Waals surface area (Å²) < 4.78 is 28.0. The number of nitrogens with one attached hydrogen (secondary N) is 1. The van der Waals surface area contributed by atoms with Gasteiger partial charge >= 0.3 is 12.1 Å². The van der Waals surface area contributed by atoms with E-state index in [0.29, 0.717) is 6.42 Å². The number of carbonyl (C=O) groups is 3. The van der Waals surface area contributed by atoms with Crippen LogP contribution in [0.4, 0.5) is 4.79 Å². The number of carbonyl (C=O) groups excluding carboxylic acids is 2. The molecule has 2 atom stereocenters. The average molecular weight is 411 g/mol. The summed E-state index contributed by atoms with van der Waals surface area (Å²) in [6, 6.07) is -1.54. The summed E-state index contributed by atoms with van der Waals surface area (Å²) >= 11 is 1.05. The summed E-state index contributed by atoms with van der Waals surface area (Å²) in [6.07, 6.45) is -0.433. The Labute approximate surface area is 157 Å². The molecule has 1 aliphatic heterocycles. The molecule has 26 heavy (non-hydrogen) atoms. The smallest absolute Gasteiger partial charge is 0.408 e. The highest BCUT2D eigenvalue weighted by molar-refractivity contribution is 8.00. The van der Waals surface area contributed by atoms with Gasteiger partial charge in [0.25, 0.3) is 0 Å². The normalized spacial score (nSPS) is 20.2. The number of alkyl carbamates (subject to hydrolysis) is 1. The second-order valence-electron chi connectivity index (χ2n) is 7.11. The molecule has 2 amide bonds. The van der Waals surface area contributed by atoms with E-state index in [2.05, 4.69) is 5.32 Å². The number of ether oxygens (including phenoxy) is 1. The maximum atomic E-state index is 12.2. The van der Waals surface area contributed by atoms with Gasteiger partial charge in [-0.15, -0.1) is 11.8 Å². The third kappa shape index (κ3) is 7.81. The van der Waals surface area contributed by atoms with Crippen LogP contribution in [0.2, 0.25) is 0 Å². The quantitative estimate of drug-likeness (QED) is 0.615. The number of thioether (sulfide) groups is 1. The molecule has 0 spiro atoms. The van der Waals surface area contributed by atoms with Crippen molar-refractivity contribution >= 4 is 39.6 Å². The van der Waals surface area contributed by atoms with Crippen LogP contribution in [0.15, 0.2) is 0 Å². The van der Waals surface area contributed by atoms with Crippen LogP contribution in [0.1, 0.15) is 27.2 Å². The van der Waals surface area contributed by atoms with Crippen LogP contribution in [0.25, 0.3) is 0 Å². The van der Waals surface area contributed by atoms with Crippen LogP contribution in [-0.2, 0) is 24.2 Å². The molecule has 1 saturated heterocycles. The van der Waals surface area contributed by atoms with Crippen molar-refractivity contribution in [3.8, 4) is 0 Å². The Bertz CT molecular complexity index is 643. The van der Waals surface area contributed by atoms with Gasteiger partial charge in [0, 0.05) is 18.8 Å². The SMILES string of the molecule is CN(C(=O)CSCC(NC(=O)OC(C)(C)C)C(=O)O)C1CCS(=O)(=O)C1. The van der Waals surface area contributed by atoms with Crippen LogP contribution in [0.3, 0.4) is 0 Å². The standard InChI is InChI=1S/C15H26N2O7S2/c1-15(2,3)24-14(21)16-11(13(19)20)7-25-8-12(18)17(4)10-5-6-26(22,23)9-10/h10-11H,5-9H2,1-4H3,(H,16,21)(H,19,20). The number of hydrogen-bond acceptors (Lipinski definition) is 7. The molecule has 0 aromatic carbocycles. The third-order valence-corrected chi connectivity index (χ3v) is 6.42. The fraction of sp³-hybridized carbons (Fsp3) is 0.800. The molecule has 1 heterocycles. The number of carboxylic acids is 1. The van der Waals surface area contributed by atoms with Gasteiger partial charge in [0.05, 0.1) is 17.3 Å². The van der Waals surface area contributed by atoms with E-state index >= 15 is 0 Å². The minimum Gasteiger partial charge on any atom is -0.480 e. The summed E-state index contributed by atoms with van der Waals surface area (Å²) in [5.74, 6) is -1.50. The van der Waals surface area contributed by atoms with Gasteiger partial charge in [-0.1, -0.05) is 0 Å². The van der Waals surface area contributed by atoms with E-state index in [9.17, 15) is 27.9 Å². The molecule has 0 aromatic rings. The number of rotatable bonds is 7. The Morgan fingerprint density at radius 2 is 1.96 bits per heavy atom. The van der Waals surface area contributed by atoms with E-state index in [0.717, 1.165) is 11.8 Å². The molecule has 2 unspecified atom stereocenters. The lowest BCUT2D eigenvalue weighted by molar-refractivity contribution is -0.138. The van der Waals surface area contributed by atoms with Crippen molar-refractivity contribution in [1.29, 1.82) is 0 Å². The molecule has 0 radical (unpaired) electrons. The monoisotopic (exact) mass is 410 g/mol. The van der Waals surface area contributed by atoms with Gasteiger partial charge in [-0.05, 0) is 27.2 Å². The Hall–Kier alpha value is -1.49. The van der Waals surface area contributed by atoms with Crippen LogP contribution >= 0.6 is 11.8 Å². The second kappa shape index (κ2) is 8.94. The highest BCUT2D eigenvalue weighted by Gasteiger charge is 2.32. The summed E-state index contributed by atoms with van der Waals surface area (Å²) in [5.41, 5.74) is -0.749. The Morgan fingerprint density at radius 3 is 2.42 bits per heavy atom. The summed E-state index contributed by atoms with van der Waals surface area (Å²) in [4.78, 5) is 36.5. The molecule has 0 aromatic heterocycles. The number of carboxylic acid groups (broad SMARTS) is 1. The molecular weight excluding hydrogens is 384 g/mol. The lowest BCUT2D eigenvalue weighted by Crippen LogP contribution is -2.45. The van der Waals surface area contributed by atoms with Crippen molar-refractivity contribution in [2.45, 2.75) is 44.9 Å². The molecule has 1 aliphatic rings. The fourth-order valence-electron chi connectivity index (χ4n) is 2.27. The van der Waals surface area contributed by atoms with Gasteiger partial charge in [-0.3, -0.25) is 4.79 Å². The van der Waals surface area contributed by atoms with Crippen molar-refractivity contribution in [3.63, 3.8) is 0 Å². The zero-order valence-electron chi connectivity index (χ0n) is 15.4. The zero-order valence-corrected chi connectivity index (χ0v) is 17.0. The van der Waals surface area contributed by atoms with E-state index in [-0.39, 0.29) is 35.0 Å². The van der Waals surface area contributed by atoms with Crippen LogP contribution in [0, 0.1) is 0 Å². The van der Waals surface area contributed by atoms with Crippen molar-refractivity contribution in [3.05, 3.63) is 0 Å². The lowest BCUT2D eigenvalue weighted by Gasteiger charge is -2.24. The topological polar surface area (TPSA) is 130 Å². The van der Waals surface area contributed by atoms with Gasteiger partial charge < -0.3 is 20.1 Å². The molecule has 11 heteroatoms. The lowest BCUT2D eigenvalue weighted by atomic mass is 10.2. The Morgan fingerprint density at radius 1 is 1.35 bits per heavy atom. The summed E-state index contributed by atoms with van der Waals surface area (Å²) in [5, 5.41) is 11.4. The molecule has 2 N–H and O–H groups in total. The van der Waals surface area contributed by atoms with E-state index in [4.69, 9.17) is 4.74 Å². The zero-order chi connectivity index (χ0) is 20.1. The Balaban J connectivity index is 2.46. The van der Waals surface area contributed by atoms with E-state index in [1.165, 1.54) is 4.90 Å². The Kier molecular flexibility index (Phi) is 7.75. The first kappa shape index (κ1) is 22.6. The molecule has 0 bridgehead atoms. The van der Waals surface area contributed by atoms with Gasteiger partial charge in [0.1, 0.15) is 11.6 Å². The highest BCUT2D eigenvalue weighted by atomic mass is 32.2. The highest BCUT2D eigenvalue weighted by Crippen LogP contribution is 2.18. The van der Waals surface area contributed by atoms with Gasteiger partial charge in [0.2, 0.25) is 5.91 Å². The van der Waals surface area contributed by atoms with Gasteiger partial charge in [0.15, 0.2) is 9.84 Å². The molecule has 1 fully saturated rings. The largest absolute Gasteiger partial charge is 0.480 e. The minimum atomic E-state index is -3.09. The molecule has 0 saturated carbocycles. The van der Waals surface area contributed by atoms with Gasteiger partial charge in [-0.2, -0.15) is 0 Å². The number of sulfone groups is 1. The summed E-state index contributed by atoms with van der Waals surface area (Å²) in [6.45, 7) is 4.98. The third-order valence-electron chi connectivity index (χ3n) is 3.65. The number of hydrogen-bond donors (Lipinski definition) is 2. The van der Waals surface area contributed by atoms with E-state index < -0.39 is 33.5 Å². The van der Waals surface area contributed by atoms with Gasteiger partial charge in [-0.25, -0.2) is 18.0 Å². The van der Waals surface area contributed by atoms with Crippen molar-refractivity contribution in [2.24, 2.45) is 0 Å². The molecule has 1 rings (SSSR count). The number of amides is 2. The minimum absolute atomic E-state index is 0.00712. The average Bonchev–Trinajstić information content (AvgIpc) is 2.83. The predicted molar refractivity (Wildman–Crippen MR) is 97.9 cm³/mol. The first-order valence-corrected chi connectivity index (χ1v) is 11.0. The molecule has 0 aliphatic carbocycles. The molecular formula is C15H26N2O7S2. The van der Waals surface area contributed by atoms with Crippen molar-refractivity contribution < 1.29 is 32.6 Å². The van der Waals surface area contributed by atoms with Crippen LogP contribution in [0.5, 0.6) is 0 Å². The summed E-state index contributed by atoms with van der Waals surface area (Å²) in [7, 11) is -1.54. The maximum Gasteiger partial charge on any atom is 0.408 e. The van der Waals surface area contributed by atoms with E-state index in [1.54, 1.807) is 27.8 Å². The predicted octanol–water partition coefficient (Wildman–Crippen LogP) is 0.343. The first-order chi connectivity index (χ1) is 11.8. The second-order valence-corrected chi connectivity index (χ2v) is 10.4. The number of aliphatic carboxylic acids is 1. The fourth-order valence-corrected chi connectivity index (χ4v) is 5.01. The van der Waals surface area contributed by atoms with Crippen molar-refractivity contribution in [1.82, 2.24) is 10.2 Å². The van der Waals surface area contributed by atoms with E-state index in [1.807, 2.05) is 0 Å². The number of nitrogens with zero attached hydrogens (tertiary/aromatic N) is 1.